The highest BCUT2D eigenvalue weighted by Gasteiger charge is 2.55. The first-order chi connectivity index (χ1) is 9.79. The molecule has 5 nitrogen and oxygen atoms in total. The van der Waals surface area contributed by atoms with Gasteiger partial charge in [-0.2, -0.15) is 13.2 Å². The van der Waals surface area contributed by atoms with Gasteiger partial charge < -0.3 is 14.6 Å². The number of carbonyl (C=O) groups is 1. The highest BCUT2D eigenvalue weighted by Crippen LogP contribution is 2.45. The largest absolute Gasteiger partial charge is 0.396 e. The standard InChI is InChI=1S/C13H18F3N3O2/c1-10-17-4-7-19(10)8-11(21)18-5-2-12(9-20,3-6-18)13(14,15)16/h4,7,20H,2-3,5-6,8-9H2,1H3. The second-order valence-corrected chi connectivity index (χ2v) is 5.42. The van der Waals surface area contributed by atoms with Crippen LogP contribution in [0.1, 0.15) is 18.7 Å². The number of hydrogen-bond acceptors (Lipinski definition) is 3. The molecule has 0 bridgehead atoms. The number of aromatic nitrogens is 2. The molecule has 0 saturated carbocycles. The lowest BCUT2D eigenvalue weighted by atomic mass is 9.78. The second kappa shape index (κ2) is 5.67. The lowest BCUT2D eigenvalue weighted by molar-refractivity contribution is -0.248. The van der Waals surface area contributed by atoms with Crippen molar-refractivity contribution >= 4 is 5.91 Å². The number of hydrogen-bond donors (Lipinski definition) is 1. The van der Waals surface area contributed by atoms with Gasteiger partial charge in [-0.15, -0.1) is 0 Å². The van der Waals surface area contributed by atoms with Crippen LogP contribution in [0.5, 0.6) is 0 Å². The Morgan fingerprint density at radius 1 is 1.43 bits per heavy atom. The number of rotatable bonds is 3. The fourth-order valence-corrected chi connectivity index (χ4v) is 2.53. The third-order valence-electron chi connectivity index (χ3n) is 4.21. The molecule has 1 aromatic rings. The number of piperidine rings is 1. The summed E-state index contributed by atoms with van der Waals surface area (Å²) in [6, 6.07) is 0. The molecule has 1 amide bonds. The van der Waals surface area contributed by atoms with Crippen LogP contribution in [-0.2, 0) is 11.3 Å². The van der Waals surface area contributed by atoms with Crippen molar-refractivity contribution in [1.29, 1.82) is 0 Å². The van der Waals surface area contributed by atoms with Crippen molar-refractivity contribution in [2.45, 2.75) is 32.5 Å². The number of aliphatic hydroxyl groups excluding tert-OH is 1. The first-order valence-corrected chi connectivity index (χ1v) is 6.72. The van der Waals surface area contributed by atoms with Gasteiger partial charge in [0.25, 0.3) is 0 Å². The van der Waals surface area contributed by atoms with Gasteiger partial charge in [0.15, 0.2) is 0 Å². The number of carbonyl (C=O) groups excluding carboxylic acids is 1. The number of amides is 1. The molecular formula is C13H18F3N3O2. The minimum absolute atomic E-state index is 0.00660. The number of halogens is 3. The van der Waals surface area contributed by atoms with E-state index in [2.05, 4.69) is 4.98 Å². The number of imidazole rings is 1. The Labute approximate surface area is 120 Å². The number of likely N-dealkylation sites (tertiary alicyclic amines) is 1. The van der Waals surface area contributed by atoms with Crippen molar-refractivity contribution in [2.75, 3.05) is 19.7 Å². The van der Waals surface area contributed by atoms with Crippen LogP contribution in [0, 0.1) is 12.3 Å². The number of aryl methyl sites for hydroxylation is 1. The van der Waals surface area contributed by atoms with Crippen LogP contribution in [0.3, 0.4) is 0 Å². The second-order valence-electron chi connectivity index (χ2n) is 5.42. The van der Waals surface area contributed by atoms with Gasteiger partial charge in [-0.1, -0.05) is 0 Å². The lowest BCUT2D eigenvalue weighted by Gasteiger charge is -2.41. The first kappa shape index (κ1) is 15.8. The van der Waals surface area contributed by atoms with E-state index in [0.29, 0.717) is 5.82 Å². The van der Waals surface area contributed by atoms with Crippen molar-refractivity contribution in [3.05, 3.63) is 18.2 Å². The van der Waals surface area contributed by atoms with Crippen LogP contribution in [0.2, 0.25) is 0 Å². The van der Waals surface area contributed by atoms with Crippen molar-refractivity contribution in [1.82, 2.24) is 14.5 Å². The molecule has 1 fully saturated rings. The summed E-state index contributed by atoms with van der Waals surface area (Å²) in [6.07, 6.45) is -1.74. The maximum atomic E-state index is 13.0. The molecule has 2 rings (SSSR count). The molecule has 1 aliphatic heterocycles. The molecular weight excluding hydrogens is 287 g/mol. The van der Waals surface area contributed by atoms with E-state index in [1.54, 1.807) is 23.9 Å². The SMILES string of the molecule is Cc1nccn1CC(=O)N1CCC(CO)(C(F)(F)F)CC1. The summed E-state index contributed by atoms with van der Waals surface area (Å²) in [7, 11) is 0. The molecule has 0 aliphatic carbocycles. The van der Waals surface area contributed by atoms with Gasteiger partial charge >= 0.3 is 6.18 Å². The minimum Gasteiger partial charge on any atom is -0.395 e. The summed E-state index contributed by atoms with van der Waals surface area (Å²) in [6.45, 7) is 0.909. The zero-order chi connectivity index (χ0) is 15.7. The van der Waals surface area contributed by atoms with E-state index in [4.69, 9.17) is 5.11 Å². The fourth-order valence-electron chi connectivity index (χ4n) is 2.53. The fraction of sp³-hybridized carbons (Fsp3) is 0.692. The van der Waals surface area contributed by atoms with Gasteiger partial charge in [0.2, 0.25) is 5.91 Å². The summed E-state index contributed by atoms with van der Waals surface area (Å²) in [5.74, 6) is 0.449. The molecule has 0 radical (unpaired) electrons. The summed E-state index contributed by atoms with van der Waals surface area (Å²) < 4.78 is 40.7. The molecule has 118 valence electrons. The maximum Gasteiger partial charge on any atom is 0.396 e. The molecule has 0 aromatic carbocycles. The molecule has 1 aliphatic rings. The van der Waals surface area contributed by atoms with Crippen LogP contribution in [0.4, 0.5) is 13.2 Å². The zero-order valence-electron chi connectivity index (χ0n) is 11.7. The highest BCUT2D eigenvalue weighted by molar-refractivity contribution is 5.76. The minimum atomic E-state index is -4.45. The molecule has 21 heavy (non-hydrogen) atoms. The van der Waals surface area contributed by atoms with Gasteiger partial charge in [0.1, 0.15) is 12.4 Å². The van der Waals surface area contributed by atoms with Gasteiger partial charge in [-0.05, 0) is 19.8 Å². The number of alkyl halides is 3. The Balaban J connectivity index is 1.97. The van der Waals surface area contributed by atoms with Crippen LogP contribution in [-0.4, -0.2) is 51.3 Å². The van der Waals surface area contributed by atoms with Gasteiger partial charge in [0.05, 0.1) is 12.0 Å². The monoisotopic (exact) mass is 305 g/mol. The maximum absolute atomic E-state index is 13.0. The van der Waals surface area contributed by atoms with E-state index in [9.17, 15) is 18.0 Å². The van der Waals surface area contributed by atoms with Crippen molar-refractivity contribution in [3.63, 3.8) is 0 Å². The van der Waals surface area contributed by atoms with E-state index in [-0.39, 0.29) is 38.4 Å². The summed E-state index contributed by atoms with van der Waals surface area (Å²) in [5, 5.41) is 9.11. The van der Waals surface area contributed by atoms with Crippen molar-refractivity contribution in [3.8, 4) is 0 Å². The lowest BCUT2D eigenvalue weighted by Crippen LogP contribution is -2.51. The first-order valence-electron chi connectivity index (χ1n) is 6.72. The third kappa shape index (κ3) is 3.04. The summed E-state index contributed by atoms with van der Waals surface area (Å²) >= 11 is 0. The predicted molar refractivity (Wildman–Crippen MR) is 68.4 cm³/mol. The topological polar surface area (TPSA) is 58.4 Å². The Hall–Kier alpha value is -1.57. The average Bonchev–Trinajstić information content (AvgIpc) is 2.83. The van der Waals surface area contributed by atoms with Crippen molar-refractivity contribution in [2.24, 2.45) is 5.41 Å². The van der Waals surface area contributed by atoms with E-state index >= 15 is 0 Å². The quantitative estimate of drug-likeness (QED) is 0.917. The Morgan fingerprint density at radius 3 is 2.48 bits per heavy atom. The molecule has 1 saturated heterocycles. The Bertz CT molecular complexity index is 505. The number of nitrogens with zero attached hydrogens (tertiary/aromatic N) is 3. The van der Waals surface area contributed by atoms with E-state index < -0.39 is 18.2 Å². The van der Waals surface area contributed by atoms with Gasteiger partial charge in [0, 0.05) is 25.5 Å². The van der Waals surface area contributed by atoms with Crippen LogP contribution in [0.25, 0.3) is 0 Å². The average molecular weight is 305 g/mol. The van der Waals surface area contributed by atoms with Gasteiger partial charge in [-0.25, -0.2) is 4.98 Å². The molecule has 2 heterocycles. The highest BCUT2D eigenvalue weighted by atomic mass is 19.4. The molecule has 0 atom stereocenters. The van der Waals surface area contributed by atoms with Crippen LogP contribution < -0.4 is 0 Å². The molecule has 1 aromatic heterocycles. The number of aliphatic hydroxyl groups is 1. The normalized spacial score (nSPS) is 18.8. The molecule has 8 heteroatoms. The summed E-state index contributed by atoms with van der Waals surface area (Å²) in [4.78, 5) is 17.5. The molecule has 0 unspecified atom stereocenters. The smallest absolute Gasteiger partial charge is 0.395 e. The van der Waals surface area contributed by atoms with Crippen LogP contribution >= 0.6 is 0 Å². The Kier molecular flexibility index (Phi) is 4.27. The van der Waals surface area contributed by atoms with Crippen molar-refractivity contribution < 1.29 is 23.1 Å². The third-order valence-corrected chi connectivity index (χ3v) is 4.21. The molecule has 0 spiro atoms. The predicted octanol–water partition coefficient (Wildman–Crippen LogP) is 1.35. The van der Waals surface area contributed by atoms with E-state index in [1.165, 1.54) is 4.90 Å². The van der Waals surface area contributed by atoms with Crippen LogP contribution in [0.15, 0.2) is 12.4 Å². The van der Waals surface area contributed by atoms with E-state index in [1.807, 2.05) is 0 Å². The zero-order valence-corrected chi connectivity index (χ0v) is 11.7. The Morgan fingerprint density at radius 2 is 2.05 bits per heavy atom. The van der Waals surface area contributed by atoms with E-state index in [0.717, 1.165) is 0 Å². The summed E-state index contributed by atoms with van der Waals surface area (Å²) in [5.41, 5.74) is -2.07. The molecule has 1 N–H and O–H groups in total. The van der Waals surface area contributed by atoms with Gasteiger partial charge in [-0.3, -0.25) is 4.79 Å².